The molecule has 8 nitrogen and oxygen atoms in total. The van der Waals surface area contributed by atoms with Crippen LogP contribution < -0.4 is 4.90 Å². The fraction of sp³-hybridized carbons (Fsp3) is 0.179. The molecule has 1 aliphatic carbocycles. The summed E-state index contributed by atoms with van der Waals surface area (Å²) in [5, 5.41) is 10.8. The first kappa shape index (κ1) is 24.5. The zero-order valence-electron chi connectivity index (χ0n) is 19.4. The van der Waals surface area contributed by atoms with E-state index >= 15 is 0 Å². The molecule has 2 atom stereocenters. The second-order valence-electron chi connectivity index (χ2n) is 8.34. The highest BCUT2D eigenvalue weighted by Gasteiger charge is 2.38. The van der Waals surface area contributed by atoms with Crippen molar-refractivity contribution in [3.05, 3.63) is 113 Å². The van der Waals surface area contributed by atoms with E-state index in [9.17, 15) is 24.5 Å². The number of benzene rings is 3. The van der Waals surface area contributed by atoms with Gasteiger partial charge in [-0.05, 0) is 49.2 Å². The Balaban J connectivity index is 1.50. The van der Waals surface area contributed by atoms with Crippen LogP contribution in [-0.2, 0) is 14.3 Å². The lowest BCUT2D eigenvalue weighted by atomic mass is 9.81. The summed E-state index contributed by atoms with van der Waals surface area (Å²) >= 11 is 0. The van der Waals surface area contributed by atoms with E-state index in [4.69, 9.17) is 4.74 Å². The molecule has 36 heavy (non-hydrogen) atoms. The molecule has 0 saturated carbocycles. The first-order valence-corrected chi connectivity index (χ1v) is 11.5. The van der Waals surface area contributed by atoms with Gasteiger partial charge in [0.1, 0.15) is 0 Å². The Morgan fingerprint density at radius 1 is 0.806 bits per heavy atom. The number of esters is 1. The average Bonchev–Trinajstić information content (AvgIpc) is 2.93. The van der Waals surface area contributed by atoms with Crippen molar-refractivity contribution in [2.45, 2.75) is 12.8 Å². The van der Waals surface area contributed by atoms with E-state index in [1.54, 1.807) is 4.90 Å². The number of para-hydroxylation sites is 2. The molecule has 0 heterocycles. The van der Waals surface area contributed by atoms with Gasteiger partial charge in [0.2, 0.25) is 5.91 Å². The van der Waals surface area contributed by atoms with Crippen molar-refractivity contribution in [1.82, 2.24) is 0 Å². The summed E-state index contributed by atoms with van der Waals surface area (Å²) in [5.74, 6) is -2.77. The number of non-ortho nitro benzene ring substituents is 1. The molecule has 2 unspecified atom stereocenters. The lowest BCUT2D eigenvalue weighted by Crippen LogP contribution is -2.40. The van der Waals surface area contributed by atoms with Gasteiger partial charge in [-0.3, -0.25) is 29.4 Å². The molecule has 1 aliphatic rings. The molecule has 3 aromatic carbocycles. The highest BCUT2D eigenvalue weighted by atomic mass is 16.6. The summed E-state index contributed by atoms with van der Waals surface area (Å²) in [4.78, 5) is 51.2. The number of nitro benzene ring substituents is 1. The molecule has 0 aliphatic heterocycles. The van der Waals surface area contributed by atoms with Gasteiger partial charge in [0.05, 0.1) is 16.8 Å². The van der Waals surface area contributed by atoms with Crippen molar-refractivity contribution in [3.63, 3.8) is 0 Å². The number of rotatable bonds is 8. The maximum Gasteiger partial charge on any atom is 0.310 e. The molecule has 0 bridgehead atoms. The van der Waals surface area contributed by atoms with Crippen LogP contribution in [0.5, 0.6) is 0 Å². The van der Waals surface area contributed by atoms with E-state index in [-0.39, 0.29) is 17.2 Å². The van der Waals surface area contributed by atoms with E-state index in [2.05, 4.69) is 0 Å². The standard InChI is InChI=1S/C28H24N2O6/c31-26(20-15-17-23(18-16-20)30(34)35)19-36-28(33)25-14-8-7-13-24(25)27(32)29(21-9-3-1-4-10-21)22-11-5-2-6-12-22/h1-12,15-18,24-25H,13-14,19H2. The van der Waals surface area contributed by atoms with Gasteiger partial charge in [-0.2, -0.15) is 0 Å². The van der Waals surface area contributed by atoms with E-state index in [1.807, 2.05) is 72.8 Å². The molecule has 182 valence electrons. The first-order valence-electron chi connectivity index (χ1n) is 11.5. The van der Waals surface area contributed by atoms with Crippen LogP contribution >= 0.6 is 0 Å². The maximum absolute atomic E-state index is 13.8. The smallest absolute Gasteiger partial charge is 0.310 e. The van der Waals surface area contributed by atoms with Crippen molar-refractivity contribution in [2.24, 2.45) is 11.8 Å². The van der Waals surface area contributed by atoms with Crippen molar-refractivity contribution in [1.29, 1.82) is 0 Å². The average molecular weight is 485 g/mol. The maximum atomic E-state index is 13.8. The predicted molar refractivity (Wildman–Crippen MR) is 134 cm³/mol. The van der Waals surface area contributed by atoms with Crippen LogP contribution in [0.1, 0.15) is 23.2 Å². The van der Waals surface area contributed by atoms with Gasteiger partial charge in [0.25, 0.3) is 5.69 Å². The normalized spacial score (nSPS) is 16.7. The Bertz CT molecular complexity index is 1230. The summed E-state index contributed by atoms with van der Waals surface area (Å²) in [5.41, 5.74) is 1.43. The zero-order valence-corrected chi connectivity index (χ0v) is 19.4. The van der Waals surface area contributed by atoms with E-state index in [0.717, 1.165) is 0 Å². The lowest BCUT2D eigenvalue weighted by molar-refractivity contribution is -0.384. The third kappa shape index (κ3) is 5.55. The van der Waals surface area contributed by atoms with E-state index in [0.29, 0.717) is 24.2 Å². The van der Waals surface area contributed by atoms with Gasteiger partial charge in [-0.1, -0.05) is 48.6 Å². The number of ether oxygens (including phenoxy) is 1. The van der Waals surface area contributed by atoms with Crippen LogP contribution in [0.15, 0.2) is 97.1 Å². The van der Waals surface area contributed by atoms with Crippen molar-refractivity contribution >= 4 is 34.7 Å². The van der Waals surface area contributed by atoms with E-state index in [1.165, 1.54) is 24.3 Å². The van der Waals surface area contributed by atoms with Crippen LogP contribution in [0.2, 0.25) is 0 Å². The second kappa shape index (κ2) is 11.2. The number of hydrogen-bond acceptors (Lipinski definition) is 6. The quantitative estimate of drug-likeness (QED) is 0.142. The van der Waals surface area contributed by atoms with Crippen molar-refractivity contribution in [2.75, 3.05) is 11.5 Å². The molecule has 4 rings (SSSR count). The summed E-state index contributed by atoms with van der Waals surface area (Å²) in [7, 11) is 0. The minimum atomic E-state index is -0.748. The largest absolute Gasteiger partial charge is 0.457 e. The molecule has 1 amide bonds. The van der Waals surface area contributed by atoms with Crippen LogP contribution in [0.25, 0.3) is 0 Å². The van der Waals surface area contributed by atoms with Gasteiger partial charge in [-0.15, -0.1) is 0 Å². The number of anilines is 2. The molecule has 3 aromatic rings. The van der Waals surface area contributed by atoms with Gasteiger partial charge in [0, 0.05) is 29.1 Å². The molecule has 0 aromatic heterocycles. The lowest BCUT2D eigenvalue weighted by Gasteiger charge is -2.32. The van der Waals surface area contributed by atoms with Gasteiger partial charge >= 0.3 is 5.97 Å². The van der Waals surface area contributed by atoms with Crippen LogP contribution in [-0.4, -0.2) is 29.2 Å². The van der Waals surface area contributed by atoms with Crippen molar-refractivity contribution in [3.8, 4) is 0 Å². The minimum absolute atomic E-state index is 0.139. The van der Waals surface area contributed by atoms with Gasteiger partial charge < -0.3 is 4.74 Å². The summed E-state index contributed by atoms with van der Waals surface area (Å²) < 4.78 is 5.32. The van der Waals surface area contributed by atoms with Gasteiger partial charge in [0.15, 0.2) is 12.4 Å². The number of Topliss-reactive ketones (excluding diaryl/α,β-unsaturated/α-hetero) is 1. The molecule has 0 radical (unpaired) electrons. The molecular formula is C28H24N2O6. The third-order valence-corrected chi connectivity index (χ3v) is 6.05. The third-order valence-electron chi connectivity index (χ3n) is 6.05. The topological polar surface area (TPSA) is 107 Å². The highest BCUT2D eigenvalue weighted by Crippen LogP contribution is 2.34. The number of allylic oxidation sites excluding steroid dienone is 2. The number of nitrogens with zero attached hydrogens (tertiary/aromatic N) is 2. The molecule has 8 heteroatoms. The Morgan fingerprint density at radius 3 is 1.86 bits per heavy atom. The molecule has 0 N–H and O–H groups in total. The predicted octanol–water partition coefficient (Wildman–Crippen LogP) is 5.27. The monoisotopic (exact) mass is 484 g/mol. The number of carbonyl (C=O) groups is 3. The summed E-state index contributed by atoms with van der Waals surface area (Å²) in [6, 6.07) is 23.5. The summed E-state index contributed by atoms with van der Waals surface area (Å²) in [6.07, 6.45) is 4.40. The van der Waals surface area contributed by atoms with E-state index < -0.39 is 35.1 Å². The molecule has 0 fully saturated rings. The molecular weight excluding hydrogens is 460 g/mol. The fourth-order valence-corrected chi connectivity index (χ4v) is 4.17. The first-order chi connectivity index (χ1) is 17.5. The number of hydrogen-bond donors (Lipinski definition) is 0. The fourth-order valence-electron chi connectivity index (χ4n) is 4.17. The Kier molecular flexibility index (Phi) is 7.65. The Hall–Kier alpha value is -4.59. The SMILES string of the molecule is O=C(COC(=O)C1CC=CCC1C(=O)N(c1ccccc1)c1ccccc1)c1ccc([N+](=O)[O-])cc1. The number of nitro groups is 1. The second-order valence-corrected chi connectivity index (χ2v) is 8.34. The highest BCUT2D eigenvalue weighted by molar-refractivity contribution is 6.04. The number of carbonyl (C=O) groups excluding carboxylic acids is 3. The molecule has 0 saturated heterocycles. The number of amides is 1. The Labute approximate surface area is 208 Å². The zero-order chi connectivity index (χ0) is 25.5. The van der Waals surface area contributed by atoms with Crippen LogP contribution in [0, 0.1) is 22.0 Å². The van der Waals surface area contributed by atoms with Crippen LogP contribution in [0.3, 0.4) is 0 Å². The van der Waals surface area contributed by atoms with Crippen molar-refractivity contribution < 1.29 is 24.0 Å². The number of ketones is 1. The Morgan fingerprint density at radius 2 is 1.33 bits per heavy atom. The summed E-state index contributed by atoms with van der Waals surface area (Å²) in [6.45, 7) is -0.515. The van der Waals surface area contributed by atoms with Gasteiger partial charge in [-0.25, -0.2) is 0 Å². The van der Waals surface area contributed by atoms with Crippen LogP contribution in [0.4, 0.5) is 17.1 Å². The minimum Gasteiger partial charge on any atom is -0.457 e. The molecule has 0 spiro atoms.